The summed E-state index contributed by atoms with van der Waals surface area (Å²) in [6, 6.07) is 8.15. The highest BCUT2D eigenvalue weighted by Gasteiger charge is 2.17. The zero-order valence-electron chi connectivity index (χ0n) is 9.37. The molecule has 0 aliphatic carbocycles. The van der Waals surface area contributed by atoms with Crippen LogP contribution in [0.1, 0.15) is 33.3 Å². The van der Waals surface area contributed by atoms with Crippen LogP contribution < -0.4 is 4.74 Å². The average molecular weight is 190 g/mol. The quantitative estimate of drug-likeness (QED) is 0.643. The van der Waals surface area contributed by atoms with E-state index in [1.165, 1.54) is 5.56 Å². The van der Waals surface area contributed by atoms with Gasteiger partial charge in [0.25, 0.3) is 0 Å². The second-order valence-electron chi connectivity index (χ2n) is 4.33. The molecule has 0 amide bonds. The minimum atomic E-state index is 0.123. The third kappa shape index (κ3) is 2.63. The van der Waals surface area contributed by atoms with Gasteiger partial charge in [-0.1, -0.05) is 45.0 Å². The van der Waals surface area contributed by atoms with Gasteiger partial charge in [-0.25, -0.2) is 0 Å². The molecule has 76 valence electrons. The highest BCUT2D eigenvalue weighted by Crippen LogP contribution is 2.30. The van der Waals surface area contributed by atoms with Gasteiger partial charge in [-0.15, -0.1) is 0 Å². The van der Waals surface area contributed by atoms with Crippen molar-refractivity contribution in [1.29, 1.82) is 0 Å². The Kier molecular flexibility index (Phi) is 3.34. The lowest BCUT2D eigenvalue weighted by molar-refractivity contribution is 0.453. The summed E-state index contributed by atoms with van der Waals surface area (Å²) in [4.78, 5) is 0. The van der Waals surface area contributed by atoms with E-state index >= 15 is 0 Å². The molecule has 0 heterocycles. The van der Waals surface area contributed by atoms with Crippen molar-refractivity contribution in [1.82, 2.24) is 0 Å². The van der Waals surface area contributed by atoms with E-state index in [9.17, 15) is 0 Å². The van der Waals surface area contributed by atoms with Gasteiger partial charge in [-0.2, -0.15) is 0 Å². The van der Waals surface area contributed by atoms with Gasteiger partial charge in [0.2, 0.25) is 0 Å². The molecular weight excluding hydrogens is 172 g/mol. The summed E-state index contributed by atoms with van der Waals surface area (Å²) in [5.74, 6) is 0.943. The first-order chi connectivity index (χ1) is 6.55. The zero-order chi connectivity index (χ0) is 10.6. The number of ether oxygens (including phenoxy) is 1. The standard InChI is InChI=1S/C13H18O/c1-5-10-14-12-9-7-6-8-11(12)13(2,3)4/h5-10H,1-4H3/b10-5-. The molecule has 0 bridgehead atoms. The Morgan fingerprint density at radius 1 is 1.14 bits per heavy atom. The van der Waals surface area contributed by atoms with Crippen molar-refractivity contribution in [3.05, 3.63) is 42.2 Å². The molecule has 1 aromatic carbocycles. The van der Waals surface area contributed by atoms with Crippen LogP contribution in [0.2, 0.25) is 0 Å². The summed E-state index contributed by atoms with van der Waals surface area (Å²) in [6.45, 7) is 8.50. The number of para-hydroxylation sites is 1. The predicted octanol–water partition coefficient (Wildman–Crippen LogP) is 3.90. The lowest BCUT2D eigenvalue weighted by atomic mass is 9.86. The molecule has 1 nitrogen and oxygen atoms in total. The van der Waals surface area contributed by atoms with Crippen LogP contribution in [0.25, 0.3) is 0 Å². The summed E-state index contributed by atoms with van der Waals surface area (Å²) in [5.41, 5.74) is 1.36. The first-order valence-electron chi connectivity index (χ1n) is 4.93. The van der Waals surface area contributed by atoms with E-state index < -0.39 is 0 Å². The van der Waals surface area contributed by atoms with Gasteiger partial charge in [0.1, 0.15) is 5.75 Å². The van der Waals surface area contributed by atoms with Crippen molar-refractivity contribution in [3.8, 4) is 5.75 Å². The summed E-state index contributed by atoms with van der Waals surface area (Å²) in [5, 5.41) is 0. The Morgan fingerprint density at radius 2 is 1.79 bits per heavy atom. The van der Waals surface area contributed by atoms with Crippen LogP contribution in [0.3, 0.4) is 0 Å². The molecular formula is C13H18O. The molecule has 1 aromatic rings. The van der Waals surface area contributed by atoms with Crippen molar-refractivity contribution in [2.24, 2.45) is 0 Å². The normalized spacial score (nSPS) is 12.0. The molecule has 1 heteroatoms. The van der Waals surface area contributed by atoms with Crippen molar-refractivity contribution < 1.29 is 4.74 Å². The van der Waals surface area contributed by atoms with Crippen LogP contribution in [-0.4, -0.2) is 0 Å². The molecule has 0 saturated heterocycles. The third-order valence-corrected chi connectivity index (χ3v) is 2.03. The van der Waals surface area contributed by atoms with E-state index in [0.29, 0.717) is 0 Å². The molecule has 0 saturated carbocycles. The van der Waals surface area contributed by atoms with Crippen molar-refractivity contribution in [3.63, 3.8) is 0 Å². The second kappa shape index (κ2) is 4.32. The molecule has 0 aliphatic rings. The van der Waals surface area contributed by atoms with Crippen LogP contribution in [0.15, 0.2) is 36.6 Å². The number of benzene rings is 1. The van der Waals surface area contributed by atoms with Gasteiger partial charge in [0, 0.05) is 5.56 Å². The van der Waals surface area contributed by atoms with Crippen molar-refractivity contribution in [2.45, 2.75) is 33.1 Å². The monoisotopic (exact) mass is 190 g/mol. The second-order valence-corrected chi connectivity index (χ2v) is 4.33. The highest BCUT2D eigenvalue weighted by atomic mass is 16.5. The van der Waals surface area contributed by atoms with Crippen LogP contribution in [0, 0.1) is 0 Å². The number of hydrogen-bond donors (Lipinski definition) is 0. The molecule has 0 aromatic heterocycles. The topological polar surface area (TPSA) is 9.23 Å². The summed E-state index contributed by atoms with van der Waals surface area (Å²) in [6.07, 6.45) is 3.60. The molecule has 0 aliphatic heterocycles. The molecule has 0 atom stereocenters. The predicted molar refractivity (Wildman–Crippen MR) is 60.6 cm³/mol. The lowest BCUT2D eigenvalue weighted by Crippen LogP contribution is -2.12. The largest absolute Gasteiger partial charge is 0.465 e. The Hall–Kier alpha value is -1.24. The highest BCUT2D eigenvalue weighted by molar-refractivity contribution is 5.38. The fourth-order valence-electron chi connectivity index (χ4n) is 1.33. The zero-order valence-corrected chi connectivity index (χ0v) is 9.37. The van der Waals surface area contributed by atoms with E-state index in [0.717, 1.165) is 5.75 Å². The minimum absolute atomic E-state index is 0.123. The fourth-order valence-corrected chi connectivity index (χ4v) is 1.33. The smallest absolute Gasteiger partial charge is 0.130 e. The first-order valence-corrected chi connectivity index (χ1v) is 4.93. The fraction of sp³-hybridized carbons (Fsp3) is 0.385. The van der Waals surface area contributed by atoms with Crippen LogP contribution in [0.4, 0.5) is 0 Å². The van der Waals surface area contributed by atoms with E-state index in [1.54, 1.807) is 6.26 Å². The molecule has 0 N–H and O–H groups in total. The van der Waals surface area contributed by atoms with E-state index in [2.05, 4.69) is 26.8 Å². The molecule has 0 spiro atoms. The van der Waals surface area contributed by atoms with Gasteiger partial charge in [-0.05, 0) is 18.4 Å². The van der Waals surface area contributed by atoms with E-state index in [-0.39, 0.29) is 5.41 Å². The van der Waals surface area contributed by atoms with E-state index in [4.69, 9.17) is 4.74 Å². The van der Waals surface area contributed by atoms with Gasteiger partial charge in [0.15, 0.2) is 0 Å². The molecule has 0 radical (unpaired) electrons. The SMILES string of the molecule is C/C=C\Oc1ccccc1C(C)(C)C. The Morgan fingerprint density at radius 3 is 2.36 bits per heavy atom. The minimum Gasteiger partial charge on any atom is -0.465 e. The van der Waals surface area contributed by atoms with Gasteiger partial charge < -0.3 is 4.74 Å². The average Bonchev–Trinajstić information content (AvgIpc) is 2.14. The van der Waals surface area contributed by atoms with Crippen LogP contribution >= 0.6 is 0 Å². The van der Waals surface area contributed by atoms with Gasteiger partial charge in [0.05, 0.1) is 6.26 Å². The maximum atomic E-state index is 5.53. The van der Waals surface area contributed by atoms with Crippen LogP contribution in [-0.2, 0) is 5.41 Å². The molecule has 0 fully saturated rings. The van der Waals surface area contributed by atoms with Crippen LogP contribution in [0.5, 0.6) is 5.75 Å². The number of hydrogen-bond acceptors (Lipinski definition) is 1. The number of rotatable bonds is 2. The number of allylic oxidation sites excluding steroid dienone is 1. The molecule has 14 heavy (non-hydrogen) atoms. The maximum Gasteiger partial charge on any atom is 0.130 e. The van der Waals surface area contributed by atoms with Gasteiger partial charge >= 0.3 is 0 Å². The molecule has 1 rings (SSSR count). The Bertz CT molecular complexity index is 318. The van der Waals surface area contributed by atoms with Crippen molar-refractivity contribution >= 4 is 0 Å². The summed E-state index contributed by atoms with van der Waals surface area (Å²) in [7, 11) is 0. The Balaban J connectivity index is 3.03. The summed E-state index contributed by atoms with van der Waals surface area (Å²) >= 11 is 0. The van der Waals surface area contributed by atoms with Gasteiger partial charge in [-0.3, -0.25) is 0 Å². The molecule has 0 unspecified atom stereocenters. The Labute approximate surface area is 86.4 Å². The third-order valence-electron chi connectivity index (χ3n) is 2.03. The van der Waals surface area contributed by atoms with E-state index in [1.807, 2.05) is 31.2 Å². The van der Waals surface area contributed by atoms with Crippen molar-refractivity contribution in [2.75, 3.05) is 0 Å². The lowest BCUT2D eigenvalue weighted by Gasteiger charge is -2.21. The first kappa shape index (κ1) is 10.8. The summed E-state index contributed by atoms with van der Waals surface area (Å²) < 4.78 is 5.53. The maximum absolute atomic E-state index is 5.53.